The van der Waals surface area contributed by atoms with Gasteiger partial charge >= 0.3 is 0 Å². The van der Waals surface area contributed by atoms with Crippen LogP contribution in [0.25, 0.3) is 60.3 Å². The number of allylic oxidation sites excluding steroid dienone is 2. The van der Waals surface area contributed by atoms with Gasteiger partial charge in [-0.2, -0.15) is 0 Å². The number of para-hydroxylation sites is 1. The van der Waals surface area contributed by atoms with Crippen LogP contribution in [0.5, 0.6) is 0 Å². The van der Waals surface area contributed by atoms with Gasteiger partial charge in [0.15, 0.2) is 0 Å². The average molecular weight is 386 g/mol. The van der Waals surface area contributed by atoms with Crippen molar-refractivity contribution < 1.29 is 4.42 Å². The number of benzene rings is 4. The lowest BCUT2D eigenvalue weighted by molar-refractivity contribution is 0.673. The molecule has 0 saturated carbocycles. The topological polar surface area (TPSA) is 30.1 Å². The van der Waals surface area contributed by atoms with Crippen molar-refractivity contribution in [3.63, 3.8) is 0 Å². The van der Waals surface area contributed by atoms with Crippen LogP contribution in [0.4, 0.5) is 0 Å². The van der Waals surface area contributed by atoms with Crippen LogP contribution in [0.15, 0.2) is 95.4 Å². The summed E-state index contributed by atoms with van der Waals surface area (Å²) in [7, 11) is 0. The first-order valence-corrected chi connectivity index (χ1v) is 10.3. The largest absolute Gasteiger partial charge is 0.455 e. The van der Waals surface area contributed by atoms with Crippen molar-refractivity contribution in [3.05, 3.63) is 91.0 Å². The van der Waals surface area contributed by atoms with Gasteiger partial charge in [-0.05, 0) is 35.7 Å². The van der Waals surface area contributed by atoms with Crippen molar-refractivity contribution in [3.8, 4) is 0 Å². The van der Waals surface area contributed by atoms with E-state index in [9.17, 15) is 0 Å². The second kappa shape index (κ2) is 5.77. The lowest BCUT2D eigenvalue weighted by Gasteiger charge is -2.15. The van der Waals surface area contributed by atoms with Gasteiger partial charge in [0.1, 0.15) is 17.0 Å². The molecule has 142 valence electrons. The number of rotatable bonds is 1. The summed E-state index contributed by atoms with van der Waals surface area (Å²) in [6, 6.07) is 25.8. The lowest BCUT2D eigenvalue weighted by atomic mass is 10.0. The second-order valence-electron chi connectivity index (χ2n) is 7.81. The number of nitrogens with zero attached hydrogens (tertiary/aromatic N) is 1. The third-order valence-corrected chi connectivity index (χ3v) is 6.19. The third kappa shape index (κ3) is 1.99. The van der Waals surface area contributed by atoms with E-state index < -0.39 is 0 Å². The average Bonchev–Trinajstić information content (AvgIpc) is 3.35. The fourth-order valence-electron chi connectivity index (χ4n) is 4.92. The van der Waals surface area contributed by atoms with Gasteiger partial charge in [-0.15, -0.1) is 0 Å². The van der Waals surface area contributed by atoms with Gasteiger partial charge in [-0.3, -0.25) is 4.57 Å². The van der Waals surface area contributed by atoms with Crippen molar-refractivity contribution in [1.29, 1.82) is 0 Å². The summed E-state index contributed by atoms with van der Waals surface area (Å²) in [5.41, 5.74) is 4.28. The summed E-state index contributed by atoms with van der Waals surface area (Å²) in [6.45, 7) is 0.836. The van der Waals surface area contributed by atoms with Gasteiger partial charge in [0, 0.05) is 33.5 Å². The summed E-state index contributed by atoms with van der Waals surface area (Å²) < 4.78 is 8.75. The molecular formula is C27H18N2O. The molecule has 3 heteroatoms. The number of nitrogens with one attached hydrogen (secondary N) is 1. The molecule has 0 amide bonds. The SMILES string of the molecule is C1=CCNC(n2c3ccccc3c3c4c(ccc32)oc2c3ccccc3ccc24)=C1. The smallest absolute Gasteiger partial charge is 0.143 e. The normalized spacial score (nSPS) is 14.2. The van der Waals surface area contributed by atoms with Crippen LogP contribution >= 0.6 is 0 Å². The molecule has 4 aromatic carbocycles. The minimum atomic E-state index is 0.836. The Labute approximate surface area is 172 Å². The number of fused-ring (bicyclic) bond motifs is 9. The molecule has 0 spiro atoms. The molecule has 1 aliphatic rings. The molecule has 1 aliphatic heterocycles. The predicted octanol–water partition coefficient (Wildman–Crippen LogP) is 6.80. The van der Waals surface area contributed by atoms with E-state index in [0.717, 1.165) is 28.9 Å². The first-order chi connectivity index (χ1) is 14.9. The van der Waals surface area contributed by atoms with Gasteiger partial charge in [0.05, 0.1) is 11.0 Å². The Morgan fingerprint density at radius 1 is 0.733 bits per heavy atom. The van der Waals surface area contributed by atoms with Gasteiger partial charge in [0.2, 0.25) is 0 Å². The van der Waals surface area contributed by atoms with E-state index in [1.165, 1.54) is 38.0 Å². The highest BCUT2D eigenvalue weighted by Crippen LogP contribution is 2.42. The zero-order valence-corrected chi connectivity index (χ0v) is 16.2. The Hall–Kier alpha value is -3.98. The highest BCUT2D eigenvalue weighted by Gasteiger charge is 2.20. The molecule has 1 N–H and O–H groups in total. The molecule has 0 aliphatic carbocycles. The van der Waals surface area contributed by atoms with Crippen LogP contribution in [0.2, 0.25) is 0 Å². The van der Waals surface area contributed by atoms with Gasteiger partial charge in [0.25, 0.3) is 0 Å². The van der Waals surface area contributed by atoms with E-state index in [0.29, 0.717) is 0 Å². The fraction of sp³-hybridized carbons (Fsp3) is 0.0370. The van der Waals surface area contributed by atoms with E-state index in [-0.39, 0.29) is 0 Å². The van der Waals surface area contributed by atoms with E-state index >= 15 is 0 Å². The minimum Gasteiger partial charge on any atom is -0.455 e. The molecular weight excluding hydrogens is 368 g/mol. The van der Waals surface area contributed by atoms with Crippen molar-refractivity contribution in [2.75, 3.05) is 6.54 Å². The van der Waals surface area contributed by atoms with Gasteiger partial charge in [-0.25, -0.2) is 0 Å². The highest BCUT2D eigenvalue weighted by molar-refractivity contribution is 6.29. The van der Waals surface area contributed by atoms with Crippen LogP contribution in [0, 0.1) is 0 Å². The molecule has 3 nitrogen and oxygen atoms in total. The monoisotopic (exact) mass is 386 g/mol. The van der Waals surface area contributed by atoms with E-state index in [1.54, 1.807) is 0 Å². The maximum atomic E-state index is 6.43. The second-order valence-corrected chi connectivity index (χ2v) is 7.81. The Kier molecular flexibility index (Phi) is 3.06. The Morgan fingerprint density at radius 3 is 2.50 bits per heavy atom. The number of furan rings is 1. The van der Waals surface area contributed by atoms with Crippen molar-refractivity contribution >= 4 is 60.3 Å². The van der Waals surface area contributed by atoms with Crippen LogP contribution in [-0.4, -0.2) is 11.1 Å². The van der Waals surface area contributed by atoms with Crippen LogP contribution in [0.1, 0.15) is 0 Å². The molecule has 6 aromatic rings. The van der Waals surface area contributed by atoms with Gasteiger partial charge in [-0.1, -0.05) is 60.7 Å². The zero-order chi connectivity index (χ0) is 19.7. The quantitative estimate of drug-likeness (QED) is 0.337. The molecule has 2 aromatic heterocycles. The summed E-state index contributed by atoms with van der Waals surface area (Å²) in [4.78, 5) is 0. The summed E-state index contributed by atoms with van der Waals surface area (Å²) in [5.74, 6) is 1.10. The summed E-state index contributed by atoms with van der Waals surface area (Å²) in [6.07, 6.45) is 6.38. The van der Waals surface area contributed by atoms with Crippen molar-refractivity contribution in [2.45, 2.75) is 0 Å². The van der Waals surface area contributed by atoms with E-state index in [4.69, 9.17) is 4.42 Å². The molecule has 0 bridgehead atoms. The molecule has 3 heterocycles. The third-order valence-electron chi connectivity index (χ3n) is 6.19. The number of hydrogen-bond donors (Lipinski definition) is 1. The standard InChI is InChI=1S/C27H18N2O/c1-2-8-18-17(7-1)12-13-20-26-23(30-27(18)20)15-14-22-25(26)19-9-3-4-10-21(19)29(22)24-11-5-6-16-28-24/h1-15,28H,16H2. The fourth-order valence-corrected chi connectivity index (χ4v) is 4.92. The van der Waals surface area contributed by atoms with Crippen molar-refractivity contribution in [2.24, 2.45) is 0 Å². The van der Waals surface area contributed by atoms with Crippen LogP contribution in [0.3, 0.4) is 0 Å². The molecule has 7 rings (SSSR count). The molecule has 0 atom stereocenters. The van der Waals surface area contributed by atoms with Crippen LogP contribution < -0.4 is 5.32 Å². The maximum absolute atomic E-state index is 6.43. The minimum absolute atomic E-state index is 0.836. The highest BCUT2D eigenvalue weighted by atomic mass is 16.3. The van der Waals surface area contributed by atoms with E-state index in [1.807, 2.05) is 0 Å². The zero-order valence-electron chi connectivity index (χ0n) is 16.2. The molecule has 0 fully saturated rings. The first kappa shape index (κ1) is 15.9. The maximum Gasteiger partial charge on any atom is 0.143 e. The Morgan fingerprint density at radius 2 is 1.60 bits per heavy atom. The molecule has 0 unspecified atom stereocenters. The Balaban J connectivity index is 1.72. The molecule has 30 heavy (non-hydrogen) atoms. The number of aromatic nitrogens is 1. The first-order valence-electron chi connectivity index (χ1n) is 10.3. The van der Waals surface area contributed by atoms with Gasteiger partial charge < -0.3 is 9.73 Å². The summed E-state index contributed by atoms with van der Waals surface area (Å²) in [5, 5.41) is 10.7. The van der Waals surface area contributed by atoms with Crippen molar-refractivity contribution in [1.82, 2.24) is 9.88 Å². The lowest BCUT2D eigenvalue weighted by Crippen LogP contribution is -2.19. The Bertz CT molecular complexity index is 1690. The van der Waals surface area contributed by atoms with Crippen LogP contribution in [-0.2, 0) is 0 Å². The predicted molar refractivity (Wildman–Crippen MR) is 126 cm³/mol. The molecule has 0 saturated heterocycles. The summed E-state index contributed by atoms with van der Waals surface area (Å²) >= 11 is 0. The number of dihydropyridines is 1. The number of hydrogen-bond acceptors (Lipinski definition) is 2. The van der Waals surface area contributed by atoms with E-state index in [2.05, 4.69) is 101 Å². The molecule has 0 radical (unpaired) electrons.